The minimum Gasteiger partial charge on any atom is -0.385 e. The van der Waals surface area contributed by atoms with E-state index in [1.165, 1.54) is 5.56 Å². The Kier molecular flexibility index (Phi) is 5.67. The minimum absolute atomic E-state index is 0.0115. The Morgan fingerprint density at radius 1 is 1.25 bits per heavy atom. The number of aromatic nitrogens is 1. The summed E-state index contributed by atoms with van der Waals surface area (Å²) >= 11 is 1.67. The van der Waals surface area contributed by atoms with Gasteiger partial charge in [0.25, 0.3) is 5.91 Å². The fraction of sp³-hybridized carbons (Fsp3) is 0.316. The van der Waals surface area contributed by atoms with Gasteiger partial charge in [-0.15, -0.1) is 11.3 Å². The number of aryl methyl sites for hydroxylation is 2. The number of thiophene rings is 1. The lowest BCUT2D eigenvalue weighted by molar-refractivity contribution is 0.0939. The van der Waals surface area contributed by atoms with Crippen LogP contribution in [0.15, 0.2) is 47.8 Å². The summed E-state index contributed by atoms with van der Waals surface area (Å²) in [6, 6.07) is 14.5. The van der Waals surface area contributed by atoms with Gasteiger partial charge in [-0.3, -0.25) is 4.79 Å². The fourth-order valence-electron chi connectivity index (χ4n) is 2.80. The van der Waals surface area contributed by atoms with E-state index in [0.29, 0.717) is 13.2 Å². The molecule has 0 spiro atoms. The van der Waals surface area contributed by atoms with E-state index in [4.69, 9.17) is 4.74 Å². The van der Waals surface area contributed by atoms with Crippen molar-refractivity contribution in [3.63, 3.8) is 0 Å². The number of nitrogens with one attached hydrogen (secondary N) is 1. The Morgan fingerprint density at radius 2 is 2.08 bits per heavy atom. The van der Waals surface area contributed by atoms with Crippen molar-refractivity contribution in [2.75, 3.05) is 20.3 Å². The Bertz CT molecular complexity index is 792. The van der Waals surface area contributed by atoms with Crippen molar-refractivity contribution in [2.24, 2.45) is 0 Å². The van der Waals surface area contributed by atoms with Gasteiger partial charge < -0.3 is 14.6 Å². The highest BCUT2D eigenvalue weighted by Crippen LogP contribution is 2.25. The van der Waals surface area contributed by atoms with Crippen LogP contribution >= 0.6 is 11.3 Å². The van der Waals surface area contributed by atoms with Crippen molar-refractivity contribution in [3.8, 4) is 0 Å². The summed E-state index contributed by atoms with van der Waals surface area (Å²) in [6.07, 6.45) is 1.73. The highest BCUT2D eigenvalue weighted by molar-refractivity contribution is 7.17. The van der Waals surface area contributed by atoms with E-state index < -0.39 is 0 Å². The zero-order chi connectivity index (χ0) is 16.8. The van der Waals surface area contributed by atoms with Crippen LogP contribution in [0.5, 0.6) is 0 Å². The Morgan fingerprint density at radius 3 is 2.88 bits per heavy atom. The van der Waals surface area contributed by atoms with E-state index in [0.717, 1.165) is 35.3 Å². The monoisotopic (exact) mass is 342 g/mol. The van der Waals surface area contributed by atoms with Crippen LogP contribution in [0.1, 0.15) is 22.5 Å². The van der Waals surface area contributed by atoms with Crippen molar-refractivity contribution in [1.29, 1.82) is 0 Å². The lowest BCUT2D eigenvalue weighted by Crippen LogP contribution is -2.27. The maximum Gasteiger partial charge on any atom is 0.267 e. The van der Waals surface area contributed by atoms with Crippen LogP contribution in [0.4, 0.5) is 0 Å². The van der Waals surface area contributed by atoms with Crippen LogP contribution in [-0.4, -0.2) is 30.7 Å². The molecular weight excluding hydrogens is 320 g/mol. The van der Waals surface area contributed by atoms with Gasteiger partial charge in [0, 0.05) is 26.8 Å². The van der Waals surface area contributed by atoms with E-state index >= 15 is 0 Å². The van der Waals surface area contributed by atoms with Gasteiger partial charge in [0.2, 0.25) is 0 Å². The Balaban J connectivity index is 1.75. The highest BCUT2D eigenvalue weighted by atomic mass is 32.1. The smallest absolute Gasteiger partial charge is 0.267 e. The topological polar surface area (TPSA) is 43.3 Å². The molecule has 2 aromatic heterocycles. The van der Waals surface area contributed by atoms with Gasteiger partial charge in [-0.25, -0.2) is 0 Å². The van der Waals surface area contributed by atoms with Gasteiger partial charge in [-0.1, -0.05) is 30.3 Å². The summed E-state index contributed by atoms with van der Waals surface area (Å²) in [5.74, 6) is -0.0115. The SMILES string of the molecule is COCCCNC(=O)c1cc2sccc2n1CCc1ccccc1. The van der Waals surface area contributed by atoms with Crippen LogP contribution < -0.4 is 5.32 Å². The third-order valence-electron chi connectivity index (χ3n) is 4.03. The first-order chi connectivity index (χ1) is 11.8. The molecule has 1 aromatic carbocycles. The van der Waals surface area contributed by atoms with Crippen LogP contribution in [0, 0.1) is 0 Å². The molecule has 3 aromatic rings. The molecule has 0 bridgehead atoms. The molecule has 0 aliphatic carbocycles. The minimum atomic E-state index is -0.0115. The number of benzene rings is 1. The average molecular weight is 342 g/mol. The van der Waals surface area contributed by atoms with Gasteiger partial charge in [0.05, 0.1) is 10.2 Å². The second-order valence-corrected chi connectivity index (χ2v) is 6.64. The molecule has 0 aliphatic heterocycles. The maximum absolute atomic E-state index is 12.5. The van der Waals surface area contributed by atoms with Crippen molar-refractivity contribution in [2.45, 2.75) is 19.4 Å². The van der Waals surface area contributed by atoms with E-state index in [2.05, 4.69) is 45.6 Å². The molecule has 5 heteroatoms. The van der Waals surface area contributed by atoms with Crippen molar-refractivity contribution >= 4 is 27.5 Å². The maximum atomic E-state index is 12.5. The van der Waals surface area contributed by atoms with Gasteiger partial charge in [-0.05, 0) is 35.9 Å². The van der Waals surface area contributed by atoms with E-state index in [-0.39, 0.29) is 5.91 Å². The van der Waals surface area contributed by atoms with Crippen LogP contribution in [-0.2, 0) is 17.7 Å². The third kappa shape index (κ3) is 3.86. The summed E-state index contributed by atoms with van der Waals surface area (Å²) in [4.78, 5) is 12.5. The fourth-order valence-corrected chi connectivity index (χ4v) is 3.62. The van der Waals surface area contributed by atoms with Gasteiger partial charge >= 0.3 is 0 Å². The molecule has 0 unspecified atom stereocenters. The number of carbonyl (C=O) groups is 1. The van der Waals surface area contributed by atoms with Crippen molar-refractivity contribution in [1.82, 2.24) is 9.88 Å². The molecule has 0 radical (unpaired) electrons. The number of hydrogen-bond acceptors (Lipinski definition) is 3. The quantitative estimate of drug-likeness (QED) is 0.634. The number of carbonyl (C=O) groups excluding carboxylic acids is 1. The lowest BCUT2D eigenvalue weighted by Gasteiger charge is -2.11. The van der Waals surface area contributed by atoms with E-state index in [1.54, 1.807) is 18.4 Å². The number of ether oxygens (including phenoxy) is 1. The highest BCUT2D eigenvalue weighted by Gasteiger charge is 2.16. The molecule has 0 fully saturated rings. The lowest BCUT2D eigenvalue weighted by atomic mass is 10.1. The molecule has 0 saturated carbocycles. The molecule has 1 amide bonds. The third-order valence-corrected chi connectivity index (χ3v) is 4.89. The van der Waals surface area contributed by atoms with E-state index in [1.807, 2.05) is 12.1 Å². The molecule has 0 atom stereocenters. The molecule has 24 heavy (non-hydrogen) atoms. The summed E-state index contributed by atoms with van der Waals surface area (Å²) in [7, 11) is 1.67. The number of hydrogen-bond donors (Lipinski definition) is 1. The normalized spacial score (nSPS) is 11.0. The summed E-state index contributed by atoms with van der Waals surface area (Å²) in [6.45, 7) is 2.08. The molecule has 0 aliphatic rings. The standard InChI is InChI=1S/C19H22N2O2S/c1-23-12-5-10-20-19(22)17-14-18-16(9-13-24-18)21(17)11-8-15-6-3-2-4-7-15/h2-4,6-7,9,13-14H,5,8,10-12H2,1H3,(H,20,22). The molecular formula is C19H22N2O2S. The predicted octanol–water partition coefficient (Wildman–Crippen LogP) is 3.71. The predicted molar refractivity (Wildman–Crippen MR) is 98.8 cm³/mol. The van der Waals surface area contributed by atoms with Gasteiger partial charge in [-0.2, -0.15) is 0 Å². The summed E-state index contributed by atoms with van der Waals surface area (Å²) < 4.78 is 8.31. The number of nitrogens with zero attached hydrogens (tertiary/aromatic N) is 1. The van der Waals surface area contributed by atoms with E-state index in [9.17, 15) is 4.79 Å². The van der Waals surface area contributed by atoms with Crippen molar-refractivity contribution in [3.05, 3.63) is 59.1 Å². The summed E-state index contributed by atoms with van der Waals surface area (Å²) in [5, 5.41) is 5.06. The molecule has 3 rings (SSSR count). The zero-order valence-corrected chi connectivity index (χ0v) is 14.6. The molecule has 4 nitrogen and oxygen atoms in total. The number of methoxy groups -OCH3 is 1. The molecule has 2 heterocycles. The first-order valence-electron chi connectivity index (χ1n) is 8.17. The number of rotatable bonds is 8. The Labute approximate surface area is 146 Å². The zero-order valence-electron chi connectivity index (χ0n) is 13.8. The summed E-state index contributed by atoms with van der Waals surface area (Å²) in [5.41, 5.74) is 3.16. The van der Waals surface area contributed by atoms with Crippen molar-refractivity contribution < 1.29 is 9.53 Å². The largest absolute Gasteiger partial charge is 0.385 e. The van der Waals surface area contributed by atoms with Crippen LogP contribution in [0.25, 0.3) is 10.2 Å². The number of fused-ring (bicyclic) bond motifs is 1. The molecule has 0 saturated heterocycles. The van der Waals surface area contributed by atoms with Crippen LogP contribution in [0.2, 0.25) is 0 Å². The van der Waals surface area contributed by atoms with Gasteiger partial charge in [0.1, 0.15) is 5.69 Å². The van der Waals surface area contributed by atoms with Crippen LogP contribution in [0.3, 0.4) is 0 Å². The first kappa shape index (κ1) is 16.7. The molecule has 1 N–H and O–H groups in total. The molecule has 126 valence electrons. The number of amides is 1. The average Bonchev–Trinajstić information content (AvgIpc) is 3.19. The second-order valence-electron chi connectivity index (χ2n) is 5.69. The second kappa shape index (κ2) is 8.13. The van der Waals surface area contributed by atoms with Gasteiger partial charge in [0.15, 0.2) is 0 Å². The first-order valence-corrected chi connectivity index (χ1v) is 9.05. The Hall–Kier alpha value is -2.11.